The van der Waals surface area contributed by atoms with Crippen LogP contribution >= 0.6 is 11.6 Å². The van der Waals surface area contributed by atoms with Gasteiger partial charge in [0, 0.05) is 24.2 Å². The minimum absolute atomic E-state index is 0.617. The van der Waals surface area contributed by atoms with Crippen molar-refractivity contribution in [3.63, 3.8) is 0 Å². The first-order chi connectivity index (χ1) is 12.1. The van der Waals surface area contributed by atoms with E-state index in [-0.39, 0.29) is 0 Å². The molecular weight excluding hydrogens is 328 g/mol. The van der Waals surface area contributed by atoms with E-state index in [4.69, 9.17) is 11.6 Å². The second-order valence-corrected chi connectivity index (χ2v) is 9.45. The zero-order valence-electron chi connectivity index (χ0n) is 15.6. The lowest BCUT2D eigenvalue weighted by Gasteiger charge is -2.59. The van der Waals surface area contributed by atoms with Crippen molar-refractivity contribution in [3.05, 3.63) is 34.9 Å². The van der Waals surface area contributed by atoms with Gasteiger partial charge in [0.25, 0.3) is 0 Å². The molecule has 0 heterocycles. The first kappa shape index (κ1) is 17.8. The Balaban J connectivity index is 1.17. The quantitative estimate of drug-likeness (QED) is 0.658. The smallest absolute Gasteiger partial charge is 0.0438 e. The molecule has 4 fully saturated rings. The Morgan fingerprint density at radius 2 is 1.64 bits per heavy atom. The van der Waals surface area contributed by atoms with Crippen LogP contribution in [0.25, 0.3) is 0 Å². The summed E-state index contributed by atoms with van der Waals surface area (Å²) < 4.78 is 0. The third-order valence-corrected chi connectivity index (χ3v) is 7.65. The predicted octanol–water partition coefficient (Wildman–Crippen LogP) is 4.67. The van der Waals surface area contributed by atoms with Crippen LogP contribution in [-0.2, 0) is 6.42 Å². The van der Waals surface area contributed by atoms with Gasteiger partial charge in [0.1, 0.15) is 0 Å². The number of halogens is 1. The minimum Gasteiger partial charge on any atom is -0.315 e. The summed E-state index contributed by atoms with van der Waals surface area (Å²) in [6.45, 7) is 5.57. The standard InChI is InChI=1S/C22H33ClN2/c1-16(22-13-17-10-18(14-22)12-19(11-17)15-22)25-9-8-24-7-6-20-4-2-3-5-21(20)23/h2-5,16-19,24-25H,6-15H2,1H3. The van der Waals surface area contributed by atoms with Gasteiger partial charge in [-0.1, -0.05) is 29.8 Å². The number of rotatable bonds is 8. The Labute approximate surface area is 158 Å². The van der Waals surface area contributed by atoms with E-state index in [0.29, 0.717) is 11.5 Å². The van der Waals surface area contributed by atoms with Gasteiger partial charge in [-0.05, 0) is 93.2 Å². The minimum atomic E-state index is 0.617. The van der Waals surface area contributed by atoms with Gasteiger partial charge in [0.05, 0.1) is 0 Å². The summed E-state index contributed by atoms with van der Waals surface area (Å²) in [5.74, 6) is 3.14. The van der Waals surface area contributed by atoms with Crippen LogP contribution in [0.4, 0.5) is 0 Å². The zero-order chi connectivity index (χ0) is 17.3. The fourth-order valence-electron chi connectivity index (χ4n) is 6.35. The molecule has 0 aromatic heterocycles. The molecule has 1 aromatic rings. The Hall–Kier alpha value is -0.570. The lowest BCUT2D eigenvalue weighted by molar-refractivity contribution is -0.0702. The van der Waals surface area contributed by atoms with Crippen molar-refractivity contribution < 1.29 is 0 Å². The fraction of sp³-hybridized carbons (Fsp3) is 0.727. The van der Waals surface area contributed by atoms with Crippen molar-refractivity contribution >= 4 is 11.6 Å². The van der Waals surface area contributed by atoms with Gasteiger partial charge in [-0.3, -0.25) is 0 Å². The topological polar surface area (TPSA) is 24.1 Å². The molecule has 1 unspecified atom stereocenters. The van der Waals surface area contributed by atoms with Gasteiger partial charge < -0.3 is 10.6 Å². The summed E-state index contributed by atoms with van der Waals surface area (Å²) in [6.07, 6.45) is 10.1. The van der Waals surface area contributed by atoms with Gasteiger partial charge in [-0.2, -0.15) is 0 Å². The fourth-order valence-corrected chi connectivity index (χ4v) is 6.58. The highest BCUT2D eigenvalue weighted by molar-refractivity contribution is 6.31. The molecular formula is C22H33ClN2. The average Bonchev–Trinajstić information content (AvgIpc) is 2.58. The Bertz CT molecular complexity index is 550. The third kappa shape index (κ3) is 3.91. The van der Waals surface area contributed by atoms with Gasteiger partial charge >= 0.3 is 0 Å². The molecule has 4 bridgehead atoms. The first-order valence-corrected chi connectivity index (χ1v) is 10.7. The summed E-state index contributed by atoms with van der Waals surface area (Å²) in [7, 11) is 0. The van der Waals surface area contributed by atoms with Crippen LogP contribution < -0.4 is 10.6 Å². The van der Waals surface area contributed by atoms with Crippen molar-refractivity contribution in [2.24, 2.45) is 23.2 Å². The van der Waals surface area contributed by atoms with Gasteiger partial charge in [-0.15, -0.1) is 0 Å². The molecule has 4 aliphatic rings. The Kier molecular flexibility index (Phi) is 5.41. The molecule has 1 atom stereocenters. The van der Waals surface area contributed by atoms with Crippen LogP contribution in [0.1, 0.15) is 51.0 Å². The summed E-state index contributed by atoms with van der Waals surface area (Å²) in [5.41, 5.74) is 1.86. The maximum Gasteiger partial charge on any atom is 0.0438 e. The molecule has 138 valence electrons. The summed E-state index contributed by atoms with van der Waals surface area (Å²) in [6, 6.07) is 8.83. The summed E-state index contributed by atoms with van der Waals surface area (Å²) >= 11 is 6.22. The van der Waals surface area contributed by atoms with Gasteiger partial charge in [-0.25, -0.2) is 0 Å². The second-order valence-electron chi connectivity index (χ2n) is 9.05. The molecule has 0 spiro atoms. The lowest BCUT2D eigenvalue weighted by Crippen LogP contribution is -2.55. The number of hydrogen-bond acceptors (Lipinski definition) is 2. The number of nitrogens with one attached hydrogen (secondary N) is 2. The molecule has 1 aromatic carbocycles. The lowest BCUT2D eigenvalue weighted by atomic mass is 9.48. The molecule has 3 heteroatoms. The zero-order valence-corrected chi connectivity index (χ0v) is 16.3. The molecule has 2 nitrogen and oxygen atoms in total. The van der Waals surface area contributed by atoms with Crippen LogP contribution in [-0.4, -0.2) is 25.7 Å². The largest absolute Gasteiger partial charge is 0.315 e. The first-order valence-electron chi connectivity index (χ1n) is 10.3. The molecule has 5 rings (SSSR count). The maximum atomic E-state index is 6.22. The SMILES string of the molecule is CC(NCCNCCc1ccccc1Cl)C12CC3CC(CC(C3)C1)C2. The van der Waals surface area contributed by atoms with Gasteiger partial charge in [0.15, 0.2) is 0 Å². The molecule has 0 saturated heterocycles. The monoisotopic (exact) mass is 360 g/mol. The van der Waals surface area contributed by atoms with E-state index in [1.54, 1.807) is 0 Å². The second kappa shape index (κ2) is 7.58. The number of hydrogen-bond donors (Lipinski definition) is 2. The molecule has 0 aliphatic heterocycles. The molecule has 0 radical (unpaired) electrons. The van der Waals surface area contributed by atoms with Gasteiger partial charge in [0.2, 0.25) is 0 Å². The molecule has 4 aliphatic carbocycles. The van der Waals surface area contributed by atoms with Crippen LogP contribution in [0, 0.1) is 23.2 Å². The predicted molar refractivity (Wildman–Crippen MR) is 106 cm³/mol. The highest BCUT2D eigenvalue weighted by atomic mass is 35.5. The Morgan fingerprint density at radius 3 is 2.28 bits per heavy atom. The third-order valence-electron chi connectivity index (χ3n) is 7.29. The van der Waals surface area contributed by atoms with Crippen LogP contribution in [0.2, 0.25) is 5.02 Å². The average molecular weight is 361 g/mol. The van der Waals surface area contributed by atoms with Crippen molar-refractivity contribution in [2.75, 3.05) is 19.6 Å². The molecule has 4 saturated carbocycles. The number of benzene rings is 1. The van der Waals surface area contributed by atoms with E-state index < -0.39 is 0 Å². The highest BCUT2D eigenvalue weighted by Gasteiger charge is 2.52. The van der Waals surface area contributed by atoms with E-state index in [2.05, 4.69) is 29.7 Å². The normalized spacial score (nSPS) is 34.4. The van der Waals surface area contributed by atoms with Crippen molar-refractivity contribution in [3.8, 4) is 0 Å². The van der Waals surface area contributed by atoms with Crippen molar-refractivity contribution in [1.29, 1.82) is 0 Å². The molecule has 2 N–H and O–H groups in total. The Morgan fingerprint density at radius 1 is 1.00 bits per heavy atom. The van der Waals surface area contributed by atoms with Crippen molar-refractivity contribution in [1.82, 2.24) is 10.6 Å². The van der Waals surface area contributed by atoms with E-state index in [0.717, 1.165) is 48.8 Å². The molecule has 25 heavy (non-hydrogen) atoms. The van der Waals surface area contributed by atoms with E-state index in [9.17, 15) is 0 Å². The summed E-state index contributed by atoms with van der Waals surface area (Å²) in [4.78, 5) is 0. The maximum absolute atomic E-state index is 6.22. The summed E-state index contributed by atoms with van der Waals surface area (Å²) in [5, 5.41) is 8.32. The van der Waals surface area contributed by atoms with Crippen LogP contribution in [0.3, 0.4) is 0 Å². The van der Waals surface area contributed by atoms with Crippen LogP contribution in [0.15, 0.2) is 24.3 Å². The van der Waals surface area contributed by atoms with E-state index >= 15 is 0 Å². The van der Waals surface area contributed by atoms with E-state index in [1.807, 2.05) is 12.1 Å². The van der Waals surface area contributed by atoms with Crippen LogP contribution in [0.5, 0.6) is 0 Å². The van der Waals surface area contributed by atoms with E-state index in [1.165, 1.54) is 44.1 Å². The molecule has 0 amide bonds. The van der Waals surface area contributed by atoms with Crippen molar-refractivity contribution in [2.45, 2.75) is 57.9 Å². The highest BCUT2D eigenvalue weighted by Crippen LogP contribution is 2.61.